The number of rotatable bonds is 6. The van der Waals surface area contributed by atoms with E-state index < -0.39 is 6.16 Å². The van der Waals surface area contributed by atoms with Gasteiger partial charge in [-0.1, -0.05) is 87.1 Å². The predicted octanol–water partition coefficient (Wildman–Crippen LogP) is 8.76. The second-order valence-electron chi connectivity index (χ2n) is 9.78. The van der Waals surface area contributed by atoms with E-state index in [0.29, 0.717) is 11.8 Å². The molecule has 0 aliphatic heterocycles. The zero-order valence-electron chi connectivity index (χ0n) is 19.7. The third kappa shape index (κ3) is 5.94. The first kappa shape index (κ1) is 22.9. The van der Waals surface area contributed by atoms with Gasteiger partial charge >= 0.3 is 6.16 Å². The zero-order chi connectivity index (χ0) is 22.3. The van der Waals surface area contributed by atoms with Crippen LogP contribution in [0.1, 0.15) is 124 Å². The molecule has 2 aromatic carbocycles. The van der Waals surface area contributed by atoms with Crippen molar-refractivity contribution < 1.29 is 14.3 Å². The molecule has 2 aromatic rings. The summed E-state index contributed by atoms with van der Waals surface area (Å²) in [7, 11) is 0. The van der Waals surface area contributed by atoms with Crippen LogP contribution in [-0.4, -0.2) is 6.16 Å². The summed E-state index contributed by atoms with van der Waals surface area (Å²) in [4.78, 5) is 12.5. The standard InChI is InChI=1S/C29H38O3/c1-21(25-15-9-17-27(19-25)23-11-5-3-6-12-23)31-29(30)32-22(2)26-16-10-18-28(20-26)24-13-7-4-8-14-24/h9-10,15-24H,3-8,11-14H2,1-2H3. The molecule has 0 saturated heterocycles. The summed E-state index contributed by atoms with van der Waals surface area (Å²) in [5, 5.41) is 0. The molecule has 3 heteroatoms. The first-order valence-corrected chi connectivity index (χ1v) is 12.7. The van der Waals surface area contributed by atoms with Gasteiger partial charge in [0.05, 0.1) is 0 Å². The van der Waals surface area contributed by atoms with Crippen LogP contribution >= 0.6 is 0 Å². The highest BCUT2D eigenvalue weighted by Gasteiger charge is 2.21. The highest BCUT2D eigenvalue weighted by molar-refractivity contribution is 5.61. The molecule has 0 radical (unpaired) electrons. The van der Waals surface area contributed by atoms with Gasteiger partial charge in [-0.2, -0.15) is 0 Å². The van der Waals surface area contributed by atoms with Crippen LogP contribution in [-0.2, 0) is 9.47 Å². The van der Waals surface area contributed by atoms with Crippen LogP contribution in [0.5, 0.6) is 0 Å². The van der Waals surface area contributed by atoms with Crippen molar-refractivity contribution in [3.8, 4) is 0 Å². The molecule has 0 heterocycles. The van der Waals surface area contributed by atoms with Gasteiger partial charge in [-0.15, -0.1) is 0 Å². The Morgan fingerprint density at radius 2 is 1.09 bits per heavy atom. The summed E-state index contributed by atoms with van der Waals surface area (Å²) < 4.78 is 11.3. The Kier molecular flexibility index (Phi) is 7.89. The summed E-state index contributed by atoms with van der Waals surface area (Å²) in [6.07, 6.45) is 11.7. The van der Waals surface area contributed by atoms with Gasteiger partial charge < -0.3 is 9.47 Å². The van der Waals surface area contributed by atoms with Crippen LogP contribution in [0.3, 0.4) is 0 Å². The fourth-order valence-electron chi connectivity index (χ4n) is 5.46. The molecule has 0 N–H and O–H groups in total. The summed E-state index contributed by atoms with van der Waals surface area (Å²) in [6, 6.07) is 17.1. The second kappa shape index (κ2) is 11.0. The Morgan fingerprint density at radius 1 is 0.688 bits per heavy atom. The lowest BCUT2D eigenvalue weighted by Gasteiger charge is -2.24. The normalized spacial score (nSPS) is 19.8. The van der Waals surface area contributed by atoms with Crippen LogP contribution in [0.2, 0.25) is 0 Å². The van der Waals surface area contributed by atoms with Gasteiger partial charge in [0.2, 0.25) is 0 Å². The largest absolute Gasteiger partial charge is 0.509 e. The van der Waals surface area contributed by atoms with Gasteiger partial charge in [0.1, 0.15) is 12.2 Å². The molecule has 172 valence electrons. The number of benzene rings is 2. The fourth-order valence-corrected chi connectivity index (χ4v) is 5.46. The molecular formula is C29H38O3. The van der Waals surface area contributed by atoms with Gasteiger partial charge in [-0.3, -0.25) is 0 Å². The Balaban J connectivity index is 1.34. The first-order chi connectivity index (χ1) is 15.6. The minimum absolute atomic E-state index is 0.327. The van der Waals surface area contributed by atoms with E-state index in [1.807, 2.05) is 26.0 Å². The van der Waals surface area contributed by atoms with Crippen LogP contribution in [0.15, 0.2) is 48.5 Å². The molecule has 2 aliphatic rings. The molecule has 0 spiro atoms. The summed E-state index contributed by atoms with van der Waals surface area (Å²) in [5.41, 5.74) is 4.83. The number of hydrogen-bond acceptors (Lipinski definition) is 3. The fraction of sp³-hybridized carbons (Fsp3) is 0.552. The number of ether oxygens (including phenoxy) is 2. The molecule has 2 aliphatic carbocycles. The van der Waals surface area contributed by atoms with Crippen molar-refractivity contribution in [1.82, 2.24) is 0 Å². The Hall–Kier alpha value is -2.29. The molecular weight excluding hydrogens is 396 g/mol. The zero-order valence-corrected chi connectivity index (χ0v) is 19.7. The van der Waals surface area contributed by atoms with E-state index in [1.54, 1.807) is 0 Å². The predicted molar refractivity (Wildman–Crippen MR) is 129 cm³/mol. The molecule has 0 bridgehead atoms. The smallest absolute Gasteiger partial charge is 0.426 e. The van der Waals surface area contributed by atoms with E-state index in [1.165, 1.54) is 75.3 Å². The molecule has 0 aromatic heterocycles. The highest BCUT2D eigenvalue weighted by Crippen LogP contribution is 2.35. The summed E-state index contributed by atoms with van der Waals surface area (Å²) in [5.74, 6) is 1.28. The van der Waals surface area contributed by atoms with Crippen LogP contribution < -0.4 is 0 Å². The monoisotopic (exact) mass is 434 g/mol. The quantitative estimate of drug-likeness (QED) is 0.426. The topological polar surface area (TPSA) is 35.5 Å². The van der Waals surface area contributed by atoms with Gasteiger partial charge in [0, 0.05) is 0 Å². The number of carbonyl (C=O) groups is 1. The second-order valence-corrected chi connectivity index (χ2v) is 9.78. The van der Waals surface area contributed by atoms with Crippen LogP contribution in [0.4, 0.5) is 4.79 Å². The molecule has 2 atom stereocenters. The Morgan fingerprint density at radius 3 is 1.50 bits per heavy atom. The van der Waals surface area contributed by atoms with Crippen molar-refractivity contribution in [2.24, 2.45) is 0 Å². The lowest BCUT2D eigenvalue weighted by Crippen LogP contribution is -2.14. The van der Waals surface area contributed by atoms with E-state index in [-0.39, 0.29) is 12.2 Å². The minimum Gasteiger partial charge on any atom is -0.426 e. The Bertz CT molecular complexity index is 806. The molecule has 32 heavy (non-hydrogen) atoms. The van der Waals surface area contributed by atoms with Gasteiger partial charge in [0.25, 0.3) is 0 Å². The molecule has 2 fully saturated rings. The summed E-state index contributed by atoms with van der Waals surface area (Å²) >= 11 is 0. The van der Waals surface area contributed by atoms with Gasteiger partial charge in [-0.05, 0) is 73.6 Å². The van der Waals surface area contributed by atoms with Crippen molar-refractivity contribution in [2.45, 2.75) is 102 Å². The van der Waals surface area contributed by atoms with Gasteiger partial charge in [0.15, 0.2) is 0 Å². The van der Waals surface area contributed by atoms with Crippen molar-refractivity contribution in [3.63, 3.8) is 0 Å². The molecule has 4 rings (SSSR count). The van der Waals surface area contributed by atoms with E-state index in [4.69, 9.17) is 9.47 Å². The van der Waals surface area contributed by atoms with Crippen molar-refractivity contribution in [1.29, 1.82) is 0 Å². The van der Waals surface area contributed by atoms with Crippen molar-refractivity contribution in [2.75, 3.05) is 0 Å². The van der Waals surface area contributed by atoms with Crippen LogP contribution in [0.25, 0.3) is 0 Å². The SMILES string of the molecule is CC(OC(=O)OC(C)c1cccc(C2CCCCC2)c1)c1cccc(C2CCCCC2)c1. The van der Waals surface area contributed by atoms with E-state index in [2.05, 4.69) is 36.4 Å². The lowest BCUT2D eigenvalue weighted by molar-refractivity contribution is 0.00621. The molecule has 0 amide bonds. The van der Waals surface area contributed by atoms with Gasteiger partial charge in [-0.25, -0.2) is 4.79 Å². The number of hydrogen-bond donors (Lipinski definition) is 0. The first-order valence-electron chi connectivity index (χ1n) is 12.7. The Labute approximate surface area is 193 Å². The highest BCUT2D eigenvalue weighted by atomic mass is 16.7. The molecule has 3 nitrogen and oxygen atoms in total. The van der Waals surface area contributed by atoms with Crippen molar-refractivity contribution in [3.05, 3.63) is 70.8 Å². The van der Waals surface area contributed by atoms with E-state index in [0.717, 1.165) is 11.1 Å². The number of carbonyl (C=O) groups excluding carboxylic acids is 1. The lowest BCUT2D eigenvalue weighted by atomic mass is 9.83. The molecule has 2 unspecified atom stereocenters. The average molecular weight is 435 g/mol. The summed E-state index contributed by atoms with van der Waals surface area (Å²) in [6.45, 7) is 3.85. The minimum atomic E-state index is -0.601. The van der Waals surface area contributed by atoms with E-state index >= 15 is 0 Å². The maximum atomic E-state index is 12.5. The third-order valence-corrected chi connectivity index (χ3v) is 7.46. The van der Waals surface area contributed by atoms with Crippen molar-refractivity contribution >= 4 is 6.16 Å². The molecule has 2 saturated carbocycles. The van der Waals surface area contributed by atoms with Crippen LogP contribution in [0, 0.1) is 0 Å². The average Bonchev–Trinajstić information content (AvgIpc) is 2.85. The maximum Gasteiger partial charge on any atom is 0.509 e. The van der Waals surface area contributed by atoms with E-state index in [9.17, 15) is 4.79 Å². The third-order valence-electron chi connectivity index (χ3n) is 7.46. The maximum absolute atomic E-state index is 12.5.